The molecule has 20 heavy (non-hydrogen) atoms. The van der Waals surface area contributed by atoms with Crippen molar-refractivity contribution in [3.05, 3.63) is 67.1 Å². The lowest BCUT2D eigenvalue weighted by atomic mass is 10.2. The van der Waals surface area contributed by atoms with Gasteiger partial charge in [-0.1, -0.05) is 17.7 Å². The molecule has 0 spiro atoms. The van der Waals surface area contributed by atoms with E-state index >= 15 is 0 Å². The van der Waals surface area contributed by atoms with Crippen molar-refractivity contribution in [3.63, 3.8) is 0 Å². The van der Waals surface area contributed by atoms with Gasteiger partial charge in [0.05, 0.1) is 9.40 Å². The van der Waals surface area contributed by atoms with Crippen LogP contribution in [-0.2, 0) is 6.61 Å². The number of hydrogen-bond donors (Lipinski definition) is 0. The van der Waals surface area contributed by atoms with Crippen molar-refractivity contribution in [2.24, 2.45) is 0 Å². The number of nitro groups is 1. The van der Waals surface area contributed by atoms with E-state index in [4.69, 9.17) is 16.3 Å². The Balaban J connectivity index is 2.18. The van der Waals surface area contributed by atoms with Crippen molar-refractivity contribution in [1.82, 2.24) is 0 Å². The molecule has 0 aromatic heterocycles. The monoisotopic (exact) mass is 355 g/mol. The summed E-state index contributed by atoms with van der Waals surface area (Å²) in [5.41, 5.74) is 1.68. The molecule has 2 aromatic rings. The van der Waals surface area contributed by atoms with Gasteiger partial charge in [-0.3, -0.25) is 10.1 Å². The molecular formula is C14H11BrClNO3. The third kappa shape index (κ3) is 3.49. The number of non-ortho nitro benzene ring substituents is 1. The fraction of sp³-hybridized carbons (Fsp3) is 0.143. The van der Waals surface area contributed by atoms with Crippen LogP contribution in [0.15, 0.2) is 40.9 Å². The van der Waals surface area contributed by atoms with Gasteiger partial charge in [-0.15, -0.1) is 0 Å². The number of aryl methyl sites for hydroxylation is 1. The smallest absolute Gasteiger partial charge is 0.269 e. The second-order valence-corrected chi connectivity index (χ2v) is 5.52. The Hall–Kier alpha value is -1.59. The summed E-state index contributed by atoms with van der Waals surface area (Å²) in [4.78, 5) is 10.3. The van der Waals surface area contributed by atoms with E-state index in [-0.39, 0.29) is 12.3 Å². The van der Waals surface area contributed by atoms with E-state index in [1.165, 1.54) is 18.2 Å². The first-order valence-corrected chi connectivity index (χ1v) is 6.96. The highest BCUT2D eigenvalue weighted by molar-refractivity contribution is 9.10. The Kier molecular flexibility index (Phi) is 4.62. The average molecular weight is 357 g/mol. The second kappa shape index (κ2) is 6.24. The molecule has 0 aliphatic rings. The number of halogens is 2. The molecule has 0 unspecified atom stereocenters. The van der Waals surface area contributed by atoms with Crippen molar-refractivity contribution in [1.29, 1.82) is 0 Å². The first-order chi connectivity index (χ1) is 9.47. The molecule has 0 bridgehead atoms. The Morgan fingerprint density at radius 3 is 2.70 bits per heavy atom. The average Bonchev–Trinajstić information content (AvgIpc) is 2.39. The number of ether oxygens (including phenoxy) is 1. The maximum absolute atomic E-state index is 10.7. The fourth-order valence-electron chi connectivity index (χ4n) is 1.66. The topological polar surface area (TPSA) is 52.4 Å². The minimum absolute atomic E-state index is 0.00373. The van der Waals surface area contributed by atoms with E-state index in [1.807, 2.05) is 25.1 Å². The third-order valence-corrected chi connectivity index (χ3v) is 3.70. The van der Waals surface area contributed by atoms with E-state index in [1.54, 1.807) is 0 Å². The lowest BCUT2D eigenvalue weighted by molar-refractivity contribution is -0.384. The summed E-state index contributed by atoms with van der Waals surface area (Å²) in [6.07, 6.45) is 0. The van der Waals surface area contributed by atoms with Crippen LogP contribution in [0, 0.1) is 17.0 Å². The highest BCUT2D eigenvalue weighted by atomic mass is 79.9. The molecule has 2 rings (SSSR count). The van der Waals surface area contributed by atoms with E-state index in [0.29, 0.717) is 16.3 Å². The number of hydrogen-bond acceptors (Lipinski definition) is 3. The standard InChI is InChI=1S/C14H11BrClNO3/c1-9-2-5-14(12(15)6-9)20-8-10-7-11(17(18)19)3-4-13(10)16/h2-7H,8H2,1H3. The van der Waals surface area contributed by atoms with Gasteiger partial charge in [0, 0.05) is 22.7 Å². The summed E-state index contributed by atoms with van der Waals surface area (Å²) in [6.45, 7) is 2.15. The summed E-state index contributed by atoms with van der Waals surface area (Å²) >= 11 is 9.43. The summed E-state index contributed by atoms with van der Waals surface area (Å²) in [5, 5.41) is 11.2. The van der Waals surface area contributed by atoms with Crippen LogP contribution < -0.4 is 4.74 Å². The van der Waals surface area contributed by atoms with Crippen LogP contribution in [-0.4, -0.2) is 4.92 Å². The minimum Gasteiger partial charge on any atom is -0.488 e. The minimum atomic E-state index is -0.457. The highest BCUT2D eigenvalue weighted by Crippen LogP contribution is 2.28. The largest absolute Gasteiger partial charge is 0.488 e. The van der Waals surface area contributed by atoms with Crippen molar-refractivity contribution in [2.75, 3.05) is 0 Å². The van der Waals surface area contributed by atoms with Crippen molar-refractivity contribution < 1.29 is 9.66 Å². The molecule has 0 radical (unpaired) electrons. The molecule has 0 aliphatic carbocycles. The van der Waals surface area contributed by atoms with Gasteiger partial charge in [-0.25, -0.2) is 0 Å². The van der Waals surface area contributed by atoms with Crippen LogP contribution in [0.3, 0.4) is 0 Å². The normalized spacial score (nSPS) is 10.3. The molecule has 0 saturated heterocycles. The Bertz CT molecular complexity index is 661. The molecular weight excluding hydrogens is 346 g/mol. The second-order valence-electron chi connectivity index (χ2n) is 4.26. The van der Waals surface area contributed by atoms with Crippen LogP contribution in [0.2, 0.25) is 5.02 Å². The maximum atomic E-state index is 10.7. The first kappa shape index (κ1) is 14.8. The van der Waals surface area contributed by atoms with Gasteiger partial charge in [0.25, 0.3) is 5.69 Å². The molecule has 104 valence electrons. The molecule has 0 saturated carbocycles. The van der Waals surface area contributed by atoms with Crippen molar-refractivity contribution in [3.8, 4) is 5.75 Å². The highest BCUT2D eigenvalue weighted by Gasteiger charge is 2.11. The molecule has 0 N–H and O–H groups in total. The molecule has 2 aromatic carbocycles. The van der Waals surface area contributed by atoms with Gasteiger partial charge in [0.1, 0.15) is 12.4 Å². The number of nitro benzene ring substituents is 1. The third-order valence-electron chi connectivity index (χ3n) is 2.71. The Morgan fingerprint density at radius 1 is 1.30 bits per heavy atom. The van der Waals surface area contributed by atoms with Crippen LogP contribution in [0.1, 0.15) is 11.1 Å². The Morgan fingerprint density at radius 2 is 2.05 bits per heavy atom. The fourth-order valence-corrected chi connectivity index (χ4v) is 2.44. The molecule has 4 nitrogen and oxygen atoms in total. The van der Waals surface area contributed by atoms with E-state index < -0.39 is 4.92 Å². The van der Waals surface area contributed by atoms with Gasteiger partial charge < -0.3 is 4.74 Å². The van der Waals surface area contributed by atoms with Gasteiger partial charge >= 0.3 is 0 Å². The summed E-state index contributed by atoms with van der Waals surface area (Å²) in [7, 11) is 0. The maximum Gasteiger partial charge on any atom is 0.269 e. The zero-order chi connectivity index (χ0) is 14.7. The zero-order valence-corrected chi connectivity index (χ0v) is 12.9. The van der Waals surface area contributed by atoms with E-state index in [0.717, 1.165) is 10.0 Å². The molecule has 0 atom stereocenters. The molecule has 0 aliphatic heterocycles. The Labute approximate surface area is 129 Å². The number of rotatable bonds is 4. The first-order valence-electron chi connectivity index (χ1n) is 5.79. The predicted octanol–water partition coefficient (Wildman–Crippen LogP) is 4.90. The molecule has 0 amide bonds. The summed E-state index contributed by atoms with van der Waals surface area (Å²) in [6, 6.07) is 9.99. The van der Waals surface area contributed by atoms with Crippen LogP contribution in [0.5, 0.6) is 5.75 Å². The predicted molar refractivity (Wildman–Crippen MR) is 81.3 cm³/mol. The summed E-state index contributed by atoms with van der Waals surface area (Å²) in [5.74, 6) is 0.665. The molecule has 6 heteroatoms. The lowest BCUT2D eigenvalue weighted by Crippen LogP contribution is -1.98. The molecule has 0 heterocycles. The quantitative estimate of drug-likeness (QED) is 0.578. The lowest BCUT2D eigenvalue weighted by Gasteiger charge is -2.10. The van der Waals surface area contributed by atoms with Gasteiger partial charge in [0.15, 0.2) is 0 Å². The van der Waals surface area contributed by atoms with Gasteiger partial charge in [0.2, 0.25) is 0 Å². The van der Waals surface area contributed by atoms with Crippen LogP contribution in [0.25, 0.3) is 0 Å². The van der Waals surface area contributed by atoms with E-state index in [2.05, 4.69) is 15.9 Å². The van der Waals surface area contributed by atoms with Crippen molar-refractivity contribution >= 4 is 33.2 Å². The van der Waals surface area contributed by atoms with Crippen LogP contribution >= 0.6 is 27.5 Å². The SMILES string of the molecule is Cc1ccc(OCc2cc([N+](=O)[O-])ccc2Cl)c(Br)c1. The van der Waals surface area contributed by atoms with Crippen LogP contribution in [0.4, 0.5) is 5.69 Å². The van der Waals surface area contributed by atoms with Crippen molar-refractivity contribution in [2.45, 2.75) is 13.5 Å². The number of benzene rings is 2. The van der Waals surface area contributed by atoms with Gasteiger partial charge in [-0.05, 0) is 46.6 Å². The van der Waals surface area contributed by atoms with E-state index in [9.17, 15) is 10.1 Å². The zero-order valence-electron chi connectivity index (χ0n) is 10.6. The number of nitrogens with zero attached hydrogens (tertiary/aromatic N) is 1. The molecule has 0 fully saturated rings. The summed E-state index contributed by atoms with van der Waals surface area (Å²) < 4.78 is 6.47. The van der Waals surface area contributed by atoms with Gasteiger partial charge in [-0.2, -0.15) is 0 Å².